The van der Waals surface area contributed by atoms with E-state index in [0.717, 1.165) is 0 Å². The molecular weight excluding hydrogens is 686 g/mol. The lowest BCUT2D eigenvalue weighted by molar-refractivity contribution is -0.181. The summed E-state index contributed by atoms with van der Waals surface area (Å²) in [6.07, 6.45) is 0.0696. The first-order chi connectivity index (χ1) is 22.1. The van der Waals surface area contributed by atoms with E-state index in [1.54, 1.807) is 9.13 Å². The largest absolute Gasteiger partial charge is 0.382 e. The number of aromatic amines is 1. The molecule has 0 aromatic carbocycles. The number of imidazole rings is 2. The third kappa shape index (κ3) is 5.41. The molecule has 2 bridgehead atoms. The predicted octanol–water partition coefficient (Wildman–Crippen LogP) is 0.412. The topological polar surface area (TPSA) is 244 Å². The molecule has 248 valence electrons. The summed E-state index contributed by atoms with van der Waals surface area (Å²) >= 11 is 9.66. The molecule has 3 saturated heterocycles. The molecule has 3 aliphatic heterocycles. The van der Waals surface area contributed by atoms with Gasteiger partial charge in [-0.05, 0) is 11.8 Å². The van der Waals surface area contributed by atoms with Crippen molar-refractivity contribution >= 4 is 72.9 Å². The molecular formula is C23H30N10O9P2S2. The van der Waals surface area contributed by atoms with Gasteiger partial charge in [-0.2, -0.15) is 4.98 Å². The molecule has 4 aromatic rings. The number of rotatable bonds is 11. The monoisotopic (exact) mass is 716 g/mol. The number of fused-ring (bicyclic) bond motifs is 4. The van der Waals surface area contributed by atoms with Gasteiger partial charge in [0, 0.05) is 13.0 Å². The number of anilines is 2. The summed E-state index contributed by atoms with van der Waals surface area (Å²) in [4.78, 5) is 47.1. The summed E-state index contributed by atoms with van der Waals surface area (Å²) in [5.74, 6) is -0.0993. The van der Waals surface area contributed by atoms with Crippen LogP contribution in [0.4, 0.5) is 11.8 Å². The molecule has 0 aliphatic carbocycles. The summed E-state index contributed by atoms with van der Waals surface area (Å²) in [5, 5.41) is 0. The molecule has 3 aliphatic rings. The highest BCUT2D eigenvalue weighted by Gasteiger charge is 2.64. The van der Waals surface area contributed by atoms with Gasteiger partial charge in [-0.1, -0.05) is 6.92 Å². The predicted molar refractivity (Wildman–Crippen MR) is 169 cm³/mol. The third-order valence-electron chi connectivity index (χ3n) is 8.31. The highest BCUT2D eigenvalue weighted by molar-refractivity contribution is 8.36. The van der Waals surface area contributed by atoms with Crippen LogP contribution >= 0.6 is 27.0 Å². The first-order valence-corrected chi connectivity index (χ1v) is 18.6. The molecule has 2 unspecified atom stereocenters. The van der Waals surface area contributed by atoms with Crippen LogP contribution in [0.25, 0.3) is 22.3 Å². The Labute approximate surface area is 271 Å². The molecule has 7 heterocycles. The van der Waals surface area contributed by atoms with Gasteiger partial charge in [-0.15, -0.1) is 12.2 Å². The summed E-state index contributed by atoms with van der Waals surface area (Å²) in [7, 11) is 1.39. The number of methoxy groups -OCH3 is 1. The van der Waals surface area contributed by atoms with Gasteiger partial charge in [0.1, 0.15) is 42.0 Å². The second-order valence-electron chi connectivity index (χ2n) is 11.0. The Hall–Kier alpha value is -2.39. The van der Waals surface area contributed by atoms with Gasteiger partial charge < -0.3 is 44.4 Å². The first-order valence-electron chi connectivity index (χ1n) is 13.9. The van der Waals surface area contributed by atoms with Gasteiger partial charge in [0.2, 0.25) is 5.95 Å². The van der Waals surface area contributed by atoms with Gasteiger partial charge in [0.05, 0.1) is 46.6 Å². The van der Waals surface area contributed by atoms with E-state index in [-0.39, 0.29) is 56.7 Å². The number of nitrogens with two attached hydrogens (primary N) is 2. The maximum atomic E-state index is 12.3. The summed E-state index contributed by atoms with van der Waals surface area (Å²) in [6.45, 7) is -2.08. The number of nitrogens with zero attached hydrogens (tertiary/aromatic N) is 7. The Morgan fingerprint density at radius 3 is 2.74 bits per heavy atom. The molecule has 7 rings (SSSR count). The Kier molecular flexibility index (Phi) is 8.57. The molecule has 0 radical (unpaired) electrons. The zero-order chi connectivity index (χ0) is 32.4. The highest BCUT2D eigenvalue weighted by Crippen LogP contribution is 2.56. The Balaban J connectivity index is 1.09. The zero-order valence-corrected chi connectivity index (χ0v) is 27.8. The quantitative estimate of drug-likeness (QED) is 0.104. The van der Waals surface area contributed by atoms with Gasteiger partial charge in [0.15, 0.2) is 28.9 Å². The van der Waals surface area contributed by atoms with Crippen molar-refractivity contribution in [3.05, 3.63) is 29.3 Å². The van der Waals surface area contributed by atoms with Gasteiger partial charge >= 0.3 is 6.72 Å². The van der Waals surface area contributed by atoms with Gasteiger partial charge in [0.25, 0.3) is 5.56 Å². The van der Waals surface area contributed by atoms with Crippen molar-refractivity contribution in [2.75, 3.05) is 38.4 Å². The summed E-state index contributed by atoms with van der Waals surface area (Å²) in [5.41, 5.74) is 11.3. The summed E-state index contributed by atoms with van der Waals surface area (Å²) in [6, 6.07) is 0. The standard InChI is InChI=1S/C23H30N10O9P2S2/c1-9-13(36-2)10(40-20(9)33-8-29-12-18(33)30-22(25)31-19(12)34)3-39-44(35,46)42-15-14-21(41-23(15,4-37-14)5-38-43-45)32-7-28-11-16(24)26-6-27-17(11)32/h6-10,13-15,20-21,43,45H,3-5H2,1-2H3,(H,35,46)(H2,24,26,27)(H3,25,30,31,34)/t9-,10-,13+,14-,15+,20-,21-,23-,44?/m1/s1. The molecule has 0 saturated carbocycles. The van der Waals surface area contributed by atoms with Crippen LogP contribution in [0.3, 0.4) is 0 Å². The van der Waals surface area contributed by atoms with E-state index in [2.05, 4.69) is 42.2 Å². The SMILES string of the molecule is CO[C@H]1[C@@H](C)[C@H](n2cnc3c(=O)[nH]c(N)nc32)O[C@@H]1COP(O)(=S)O[C@H]1[C@H]2OC[C@]1(COPS)O[C@H]2n1cnc2c(N)ncnc21. The fourth-order valence-corrected chi connectivity index (χ4v) is 8.22. The van der Waals surface area contributed by atoms with Crippen LogP contribution in [0.2, 0.25) is 0 Å². The lowest BCUT2D eigenvalue weighted by Crippen LogP contribution is -2.45. The Bertz CT molecular complexity index is 1880. The summed E-state index contributed by atoms with van der Waals surface area (Å²) < 4.78 is 45.5. The number of aromatic nitrogens is 8. The van der Waals surface area contributed by atoms with Crippen LogP contribution in [-0.4, -0.2) is 101 Å². The zero-order valence-electron chi connectivity index (χ0n) is 24.2. The van der Waals surface area contributed by atoms with E-state index in [9.17, 15) is 9.69 Å². The second-order valence-corrected chi connectivity index (χ2v) is 14.8. The maximum absolute atomic E-state index is 12.3. The van der Waals surface area contributed by atoms with Crippen LogP contribution < -0.4 is 17.0 Å². The second kappa shape index (κ2) is 12.2. The Morgan fingerprint density at radius 1 is 1.22 bits per heavy atom. The van der Waals surface area contributed by atoms with Crippen molar-refractivity contribution in [1.82, 2.24) is 39.0 Å². The molecule has 3 fully saturated rings. The smallest absolute Gasteiger partial charge is 0.325 e. The molecule has 46 heavy (non-hydrogen) atoms. The van der Waals surface area contributed by atoms with E-state index in [1.165, 1.54) is 26.1 Å². The number of nitrogen functional groups attached to an aromatic ring is 2. The highest BCUT2D eigenvalue weighted by atomic mass is 32.7. The molecule has 10 atom stereocenters. The number of H-pyrrole nitrogens is 1. The molecule has 0 amide bonds. The van der Waals surface area contributed by atoms with Crippen molar-refractivity contribution in [3.63, 3.8) is 0 Å². The molecule has 23 heteroatoms. The van der Waals surface area contributed by atoms with Crippen LogP contribution in [0.15, 0.2) is 23.8 Å². The molecule has 19 nitrogen and oxygen atoms in total. The van der Waals surface area contributed by atoms with E-state index in [4.69, 9.17) is 55.8 Å². The van der Waals surface area contributed by atoms with Crippen LogP contribution in [0, 0.1) is 5.92 Å². The fraction of sp³-hybridized carbons (Fsp3) is 0.565. The number of nitrogens with one attached hydrogen (secondary N) is 1. The fourth-order valence-electron chi connectivity index (χ4n) is 6.26. The minimum Gasteiger partial charge on any atom is -0.382 e. The van der Waals surface area contributed by atoms with E-state index >= 15 is 0 Å². The number of ether oxygens (including phenoxy) is 4. The maximum Gasteiger partial charge on any atom is 0.325 e. The average Bonchev–Trinajstić information content (AvgIpc) is 3.83. The van der Waals surface area contributed by atoms with E-state index in [1.807, 2.05) is 6.92 Å². The van der Waals surface area contributed by atoms with Crippen molar-refractivity contribution in [2.45, 2.75) is 49.4 Å². The molecule has 6 N–H and O–H groups in total. The van der Waals surface area contributed by atoms with Crippen LogP contribution in [-0.2, 0) is 44.3 Å². The van der Waals surface area contributed by atoms with Crippen molar-refractivity contribution in [3.8, 4) is 0 Å². The van der Waals surface area contributed by atoms with Gasteiger partial charge in [-0.3, -0.25) is 23.4 Å². The van der Waals surface area contributed by atoms with E-state index < -0.39 is 54.8 Å². The minimum atomic E-state index is -3.95. The molecule has 0 spiro atoms. The first kappa shape index (κ1) is 32.2. The normalized spacial score (nSPS) is 32.4. The van der Waals surface area contributed by atoms with Crippen LogP contribution in [0.5, 0.6) is 0 Å². The lowest BCUT2D eigenvalue weighted by atomic mass is 10.0. The van der Waals surface area contributed by atoms with Crippen molar-refractivity contribution < 1.29 is 37.4 Å². The van der Waals surface area contributed by atoms with Crippen LogP contribution in [0.1, 0.15) is 19.4 Å². The third-order valence-corrected chi connectivity index (χ3v) is 10.5. The minimum absolute atomic E-state index is 0.0443. The number of hydrogen-bond donors (Lipinski definition) is 5. The van der Waals surface area contributed by atoms with Crippen molar-refractivity contribution in [1.29, 1.82) is 0 Å². The van der Waals surface area contributed by atoms with E-state index in [0.29, 0.717) is 11.2 Å². The number of thiol groups is 1. The molecule has 4 aromatic heterocycles. The van der Waals surface area contributed by atoms with Crippen molar-refractivity contribution in [2.24, 2.45) is 5.92 Å². The number of hydrogen-bond acceptors (Lipinski definition) is 17. The Morgan fingerprint density at radius 2 is 1.98 bits per heavy atom. The lowest BCUT2D eigenvalue weighted by Gasteiger charge is -2.31. The average molecular weight is 717 g/mol. The van der Waals surface area contributed by atoms with Gasteiger partial charge in [-0.25, -0.2) is 19.9 Å².